The van der Waals surface area contributed by atoms with E-state index in [2.05, 4.69) is 54.7 Å². The van der Waals surface area contributed by atoms with E-state index in [4.69, 9.17) is 0 Å². The van der Waals surface area contributed by atoms with Gasteiger partial charge in [0.1, 0.15) is 0 Å². The molecule has 0 spiro atoms. The number of amides is 1. The molecule has 3 N–H and O–H groups in total. The monoisotopic (exact) mass is 472 g/mol. The van der Waals surface area contributed by atoms with Gasteiger partial charge in [-0.1, -0.05) is 45.9 Å². The van der Waals surface area contributed by atoms with Gasteiger partial charge in [-0.2, -0.15) is 0 Å². The average Bonchev–Trinajstić information content (AvgIpc) is 2.53. The second kappa shape index (κ2) is 10.1. The van der Waals surface area contributed by atoms with Crippen molar-refractivity contribution in [2.75, 3.05) is 25.5 Å². The molecule has 5 nitrogen and oxygen atoms in total. The molecule has 2 rings (SSSR count). The molecular formula is C20H33IN4O. The van der Waals surface area contributed by atoms with Gasteiger partial charge in [0.2, 0.25) is 5.91 Å². The minimum Gasteiger partial charge on any atom is -0.356 e. The molecular weight excluding hydrogens is 439 g/mol. The predicted octanol–water partition coefficient (Wildman–Crippen LogP) is 3.97. The maximum absolute atomic E-state index is 11.9. The summed E-state index contributed by atoms with van der Waals surface area (Å²) >= 11 is 0. The number of anilines is 1. The third-order valence-corrected chi connectivity index (χ3v) is 4.54. The van der Waals surface area contributed by atoms with Crippen LogP contribution in [0.3, 0.4) is 0 Å². The summed E-state index contributed by atoms with van der Waals surface area (Å²) in [5.74, 6) is 1.70. The van der Waals surface area contributed by atoms with E-state index in [0.717, 1.165) is 24.6 Å². The molecule has 146 valence electrons. The molecule has 0 bridgehead atoms. The van der Waals surface area contributed by atoms with E-state index < -0.39 is 0 Å². The highest BCUT2D eigenvalue weighted by Crippen LogP contribution is 2.31. The first kappa shape index (κ1) is 22.7. The zero-order valence-electron chi connectivity index (χ0n) is 16.6. The summed E-state index contributed by atoms with van der Waals surface area (Å²) in [6.45, 7) is 10.6. The topological polar surface area (TPSA) is 65.5 Å². The van der Waals surface area contributed by atoms with Gasteiger partial charge in [0.15, 0.2) is 5.96 Å². The third kappa shape index (κ3) is 6.78. The van der Waals surface area contributed by atoms with Crippen molar-refractivity contribution in [1.29, 1.82) is 0 Å². The summed E-state index contributed by atoms with van der Waals surface area (Å²) < 4.78 is 0. The van der Waals surface area contributed by atoms with E-state index in [1.165, 1.54) is 5.56 Å². The van der Waals surface area contributed by atoms with Crippen LogP contribution in [0.2, 0.25) is 0 Å². The molecule has 26 heavy (non-hydrogen) atoms. The maximum atomic E-state index is 11.9. The van der Waals surface area contributed by atoms with Gasteiger partial charge in [-0.15, -0.1) is 24.0 Å². The van der Waals surface area contributed by atoms with Crippen LogP contribution in [0.4, 0.5) is 5.69 Å². The molecule has 1 unspecified atom stereocenters. The first-order chi connectivity index (χ1) is 11.8. The number of para-hydroxylation sites is 1. The summed E-state index contributed by atoms with van der Waals surface area (Å²) in [6.07, 6.45) is 1.66. The molecule has 0 fully saturated rings. The highest BCUT2D eigenvalue weighted by molar-refractivity contribution is 14.0. The Hall–Kier alpha value is -1.31. The zero-order chi connectivity index (χ0) is 18.4. The van der Waals surface area contributed by atoms with Crippen molar-refractivity contribution >= 4 is 41.5 Å². The van der Waals surface area contributed by atoms with Gasteiger partial charge < -0.3 is 16.0 Å². The quantitative estimate of drug-likeness (QED) is 0.334. The molecule has 1 heterocycles. The minimum absolute atomic E-state index is 0. The van der Waals surface area contributed by atoms with E-state index >= 15 is 0 Å². The van der Waals surface area contributed by atoms with Gasteiger partial charge in [-0.3, -0.25) is 9.79 Å². The number of benzene rings is 1. The van der Waals surface area contributed by atoms with Crippen LogP contribution in [0.25, 0.3) is 0 Å². The van der Waals surface area contributed by atoms with Gasteiger partial charge in [0, 0.05) is 38.2 Å². The lowest BCUT2D eigenvalue weighted by atomic mass is 9.84. The Morgan fingerprint density at radius 2 is 2.00 bits per heavy atom. The number of carbonyl (C=O) groups is 1. The van der Waals surface area contributed by atoms with Crippen LogP contribution in [0.1, 0.15) is 52.0 Å². The molecule has 1 atom stereocenters. The van der Waals surface area contributed by atoms with Gasteiger partial charge in [0.05, 0.1) is 0 Å². The molecule has 0 saturated heterocycles. The van der Waals surface area contributed by atoms with Crippen molar-refractivity contribution in [2.45, 2.75) is 46.5 Å². The summed E-state index contributed by atoms with van der Waals surface area (Å²) in [6, 6.07) is 8.01. The smallest absolute Gasteiger partial charge is 0.225 e. The Kier molecular flexibility index (Phi) is 8.86. The Morgan fingerprint density at radius 1 is 1.31 bits per heavy atom. The van der Waals surface area contributed by atoms with Crippen LogP contribution >= 0.6 is 24.0 Å². The number of carbonyl (C=O) groups excluding carboxylic acids is 1. The normalized spacial score (nSPS) is 17.2. The molecule has 0 radical (unpaired) electrons. The summed E-state index contributed by atoms with van der Waals surface area (Å²) in [7, 11) is 1.78. The fourth-order valence-electron chi connectivity index (χ4n) is 3.62. The SMILES string of the molecule is CN=C(NCC1CC(=O)Nc2ccccc21)NCC(C)(C)CC(C)C.I. The first-order valence-corrected chi connectivity index (χ1v) is 9.14. The van der Waals surface area contributed by atoms with E-state index in [1.54, 1.807) is 7.05 Å². The number of nitrogens with one attached hydrogen (secondary N) is 3. The van der Waals surface area contributed by atoms with Crippen molar-refractivity contribution < 1.29 is 4.79 Å². The number of nitrogens with zero attached hydrogens (tertiary/aromatic N) is 1. The third-order valence-electron chi connectivity index (χ3n) is 4.54. The Labute approximate surface area is 174 Å². The number of halogens is 1. The maximum Gasteiger partial charge on any atom is 0.225 e. The standard InChI is InChI=1S/C20H32N4O.HI/c1-14(2)11-20(3,4)13-23-19(21-5)22-12-15-10-18(25)24-17-9-7-6-8-16(15)17;/h6-9,14-15H,10-13H2,1-5H3,(H,24,25)(H2,21,22,23);1H. The molecule has 1 aromatic rings. The molecule has 0 saturated carbocycles. The van der Waals surface area contributed by atoms with Crippen LogP contribution in [-0.4, -0.2) is 32.0 Å². The lowest BCUT2D eigenvalue weighted by Gasteiger charge is -2.29. The minimum atomic E-state index is 0. The molecule has 0 aromatic heterocycles. The van der Waals surface area contributed by atoms with E-state index in [1.807, 2.05) is 18.2 Å². The second-order valence-corrected chi connectivity index (χ2v) is 8.11. The fourth-order valence-corrected chi connectivity index (χ4v) is 3.62. The van der Waals surface area contributed by atoms with Crippen molar-refractivity contribution in [2.24, 2.45) is 16.3 Å². The lowest BCUT2D eigenvalue weighted by molar-refractivity contribution is -0.116. The molecule has 1 aromatic carbocycles. The van der Waals surface area contributed by atoms with E-state index in [-0.39, 0.29) is 41.2 Å². The van der Waals surface area contributed by atoms with Crippen LogP contribution in [-0.2, 0) is 4.79 Å². The summed E-state index contributed by atoms with van der Waals surface area (Å²) in [4.78, 5) is 16.2. The summed E-state index contributed by atoms with van der Waals surface area (Å²) in [5.41, 5.74) is 2.32. The highest BCUT2D eigenvalue weighted by atomic mass is 127. The number of hydrogen-bond donors (Lipinski definition) is 3. The number of aliphatic imine (C=N–C) groups is 1. The number of fused-ring (bicyclic) bond motifs is 1. The van der Waals surface area contributed by atoms with E-state index in [9.17, 15) is 4.79 Å². The van der Waals surface area contributed by atoms with Crippen molar-refractivity contribution in [3.63, 3.8) is 0 Å². The first-order valence-electron chi connectivity index (χ1n) is 9.14. The van der Waals surface area contributed by atoms with Crippen molar-refractivity contribution in [3.8, 4) is 0 Å². The molecule has 1 aliphatic rings. The number of guanidine groups is 1. The molecule has 0 aliphatic carbocycles. The van der Waals surface area contributed by atoms with Gasteiger partial charge in [-0.25, -0.2) is 0 Å². The van der Waals surface area contributed by atoms with Crippen LogP contribution in [0.5, 0.6) is 0 Å². The van der Waals surface area contributed by atoms with Crippen LogP contribution in [0, 0.1) is 11.3 Å². The zero-order valence-corrected chi connectivity index (χ0v) is 18.9. The molecule has 1 aliphatic heterocycles. The van der Waals surface area contributed by atoms with Gasteiger partial charge >= 0.3 is 0 Å². The Morgan fingerprint density at radius 3 is 2.65 bits per heavy atom. The average molecular weight is 472 g/mol. The highest BCUT2D eigenvalue weighted by Gasteiger charge is 2.25. The molecule has 1 amide bonds. The van der Waals surface area contributed by atoms with Crippen LogP contribution < -0.4 is 16.0 Å². The number of rotatable bonds is 6. The number of hydrogen-bond acceptors (Lipinski definition) is 2. The Bertz CT molecular complexity index is 628. The Balaban J connectivity index is 0.00000338. The van der Waals surface area contributed by atoms with Crippen LogP contribution in [0.15, 0.2) is 29.3 Å². The largest absolute Gasteiger partial charge is 0.356 e. The second-order valence-electron chi connectivity index (χ2n) is 8.11. The van der Waals surface area contributed by atoms with Gasteiger partial charge in [0.25, 0.3) is 0 Å². The van der Waals surface area contributed by atoms with E-state index in [0.29, 0.717) is 18.9 Å². The van der Waals surface area contributed by atoms with Gasteiger partial charge in [-0.05, 0) is 29.4 Å². The van der Waals surface area contributed by atoms with Crippen molar-refractivity contribution in [3.05, 3.63) is 29.8 Å². The summed E-state index contributed by atoms with van der Waals surface area (Å²) in [5, 5.41) is 9.76. The lowest BCUT2D eigenvalue weighted by Crippen LogP contribution is -2.44. The predicted molar refractivity (Wildman–Crippen MR) is 120 cm³/mol. The van der Waals surface area contributed by atoms with Crippen molar-refractivity contribution in [1.82, 2.24) is 10.6 Å². The molecule has 6 heteroatoms. The fraction of sp³-hybridized carbons (Fsp3) is 0.600.